The summed E-state index contributed by atoms with van der Waals surface area (Å²) in [4.78, 5) is 18.0. The van der Waals surface area contributed by atoms with Gasteiger partial charge in [-0.3, -0.25) is 9.78 Å². The van der Waals surface area contributed by atoms with E-state index in [0.717, 1.165) is 12.1 Å². The van der Waals surface area contributed by atoms with Crippen molar-refractivity contribution in [2.24, 2.45) is 0 Å². The topological polar surface area (TPSA) is 42.4 Å². The molecule has 0 unspecified atom stereocenters. The number of halogens is 2. The number of aromatic nitrogens is 1. The van der Waals surface area contributed by atoms with Crippen LogP contribution in [0.2, 0.25) is 0 Å². The number of carbonyl (C=O) groups is 1. The SMILES string of the molecule is O=C(c1ccncc1)N1CCC(Oc2ccc(F)c(F)c2)CC1. The summed E-state index contributed by atoms with van der Waals surface area (Å²) < 4.78 is 31.7. The van der Waals surface area contributed by atoms with E-state index in [4.69, 9.17) is 4.74 Å². The molecule has 4 nitrogen and oxygen atoms in total. The van der Waals surface area contributed by atoms with Crippen LogP contribution in [-0.4, -0.2) is 35.0 Å². The number of pyridine rings is 1. The van der Waals surface area contributed by atoms with Crippen molar-refractivity contribution in [2.75, 3.05) is 13.1 Å². The predicted octanol–water partition coefficient (Wildman–Crippen LogP) is 3.04. The van der Waals surface area contributed by atoms with E-state index in [1.54, 1.807) is 29.4 Å². The van der Waals surface area contributed by atoms with Gasteiger partial charge in [0.2, 0.25) is 0 Å². The number of nitrogens with zero attached hydrogens (tertiary/aromatic N) is 2. The number of carbonyl (C=O) groups excluding carboxylic acids is 1. The van der Waals surface area contributed by atoms with E-state index in [1.165, 1.54) is 6.07 Å². The van der Waals surface area contributed by atoms with Gasteiger partial charge in [0.25, 0.3) is 5.91 Å². The smallest absolute Gasteiger partial charge is 0.253 e. The highest BCUT2D eigenvalue weighted by molar-refractivity contribution is 5.94. The van der Waals surface area contributed by atoms with Gasteiger partial charge in [0.1, 0.15) is 11.9 Å². The molecular weight excluding hydrogens is 302 g/mol. The third-order valence-electron chi connectivity index (χ3n) is 3.85. The van der Waals surface area contributed by atoms with Crippen molar-refractivity contribution in [2.45, 2.75) is 18.9 Å². The van der Waals surface area contributed by atoms with Gasteiger partial charge >= 0.3 is 0 Å². The van der Waals surface area contributed by atoms with E-state index in [2.05, 4.69) is 4.98 Å². The molecule has 0 saturated carbocycles. The lowest BCUT2D eigenvalue weighted by Gasteiger charge is -2.32. The Morgan fingerprint density at radius 3 is 2.43 bits per heavy atom. The predicted molar refractivity (Wildman–Crippen MR) is 80.1 cm³/mol. The van der Waals surface area contributed by atoms with Crippen LogP contribution in [-0.2, 0) is 0 Å². The van der Waals surface area contributed by atoms with Crippen LogP contribution in [0.25, 0.3) is 0 Å². The van der Waals surface area contributed by atoms with E-state index < -0.39 is 11.6 Å². The molecule has 1 aliphatic rings. The van der Waals surface area contributed by atoms with Gasteiger partial charge in [-0.2, -0.15) is 0 Å². The van der Waals surface area contributed by atoms with Gasteiger partial charge in [0.05, 0.1) is 0 Å². The number of amides is 1. The third-order valence-corrected chi connectivity index (χ3v) is 3.85. The van der Waals surface area contributed by atoms with E-state index in [1.807, 2.05) is 0 Å². The molecule has 1 aliphatic heterocycles. The highest BCUT2D eigenvalue weighted by atomic mass is 19.2. The summed E-state index contributed by atoms with van der Waals surface area (Å²) in [6, 6.07) is 6.88. The number of ether oxygens (including phenoxy) is 1. The fourth-order valence-corrected chi connectivity index (χ4v) is 2.60. The lowest BCUT2D eigenvalue weighted by atomic mass is 10.1. The molecule has 0 aliphatic carbocycles. The summed E-state index contributed by atoms with van der Waals surface area (Å²) in [5.41, 5.74) is 0.611. The largest absolute Gasteiger partial charge is 0.490 e. The molecule has 6 heteroatoms. The van der Waals surface area contributed by atoms with Gasteiger partial charge in [-0.25, -0.2) is 8.78 Å². The molecule has 0 radical (unpaired) electrons. The van der Waals surface area contributed by atoms with Crippen molar-refractivity contribution < 1.29 is 18.3 Å². The molecule has 0 spiro atoms. The average molecular weight is 318 g/mol. The Morgan fingerprint density at radius 1 is 1.09 bits per heavy atom. The maximum Gasteiger partial charge on any atom is 0.253 e. The fraction of sp³-hybridized carbons (Fsp3) is 0.294. The van der Waals surface area contributed by atoms with Gasteiger partial charge in [0, 0.05) is 50.0 Å². The molecule has 1 amide bonds. The molecule has 2 heterocycles. The minimum Gasteiger partial charge on any atom is -0.490 e. The number of piperidine rings is 1. The van der Waals surface area contributed by atoms with E-state index in [9.17, 15) is 13.6 Å². The Hall–Kier alpha value is -2.50. The average Bonchev–Trinajstić information content (AvgIpc) is 2.59. The Balaban J connectivity index is 1.56. The summed E-state index contributed by atoms with van der Waals surface area (Å²) in [7, 11) is 0. The molecular formula is C17H16F2N2O2. The first kappa shape index (κ1) is 15.4. The maximum absolute atomic E-state index is 13.2. The second-order valence-electron chi connectivity index (χ2n) is 5.42. The molecule has 1 aromatic heterocycles. The van der Waals surface area contributed by atoms with Crippen molar-refractivity contribution in [3.05, 3.63) is 59.9 Å². The molecule has 1 aromatic carbocycles. The Labute approximate surface area is 132 Å². The van der Waals surface area contributed by atoms with Gasteiger partial charge < -0.3 is 9.64 Å². The van der Waals surface area contributed by atoms with Crippen LogP contribution in [0.4, 0.5) is 8.78 Å². The maximum atomic E-state index is 13.2. The number of benzene rings is 1. The van der Waals surface area contributed by atoms with Crippen LogP contribution in [0.1, 0.15) is 23.2 Å². The standard InChI is InChI=1S/C17H16F2N2O2/c18-15-2-1-14(11-16(15)19)23-13-5-9-21(10-6-13)17(22)12-3-7-20-8-4-12/h1-4,7-8,11,13H,5-6,9-10H2. The minimum atomic E-state index is -0.923. The molecule has 0 bridgehead atoms. The lowest BCUT2D eigenvalue weighted by Crippen LogP contribution is -2.41. The van der Waals surface area contributed by atoms with Crippen LogP contribution < -0.4 is 4.74 Å². The van der Waals surface area contributed by atoms with Crippen LogP contribution >= 0.6 is 0 Å². The van der Waals surface area contributed by atoms with E-state index in [-0.39, 0.29) is 12.0 Å². The number of hydrogen-bond donors (Lipinski definition) is 0. The molecule has 1 fully saturated rings. The second-order valence-corrected chi connectivity index (χ2v) is 5.42. The Morgan fingerprint density at radius 2 is 1.78 bits per heavy atom. The number of rotatable bonds is 3. The van der Waals surface area contributed by atoms with Gasteiger partial charge in [-0.05, 0) is 24.3 Å². The highest BCUT2D eigenvalue weighted by Crippen LogP contribution is 2.22. The van der Waals surface area contributed by atoms with Crippen molar-refractivity contribution in [1.82, 2.24) is 9.88 Å². The fourth-order valence-electron chi connectivity index (χ4n) is 2.60. The number of hydrogen-bond acceptors (Lipinski definition) is 3. The van der Waals surface area contributed by atoms with E-state index in [0.29, 0.717) is 37.2 Å². The first-order valence-corrected chi connectivity index (χ1v) is 7.44. The second kappa shape index (κ2) is 6.73. The van der Waals surface area contributed by atoms with Crippen LogP contribution in [0.15, 0.2) is 42.7 Å². The quantitative estimate of drug-likeness (QED) is 0.873. The summed E-state index contributed by atoms with van der Waals surface area (Å²) in [6.45, 7) is 1.13. The van der Waals surface area contributed by atoms with Crippen LogP contribution in [0, 0.1) is 11.6 Å². The Bertz CT molecular complexity index is 686. The first-order chi connectivity index (χ1) is 11.1. The van der Waals surface area contributed by atoms with Gasteiger partial charge in [0.15, 0.2) is 11.6 Å². The number of likely N-dealkylation sites (tertiary alicyclic amines) is 1. The van der Waals surface area contributed by atoms with Gasteiger partial charge in [-0.1, -0.05) is 0 Å². The van der Waals surface area contributed by atoms with Gasteiger partial charge in [-0.15, -0.1) is 0 Å². The molecule has 2 aromatic rings. The zero-order valence-electron chi connectivity index (χ0n) is 12.4. The highest BCUT2D eigenvalue weighted by Gasteiger charge is 2.24. The minimum absolute atomic E-state index is 0.0290. The summed E-state index contributed by atoms with van der Waals surface area (Å²) in [5.74, 6) is -1.54. The van der Waals surface area contributed by atoms with Crippen LogP contribution in [0.5, 0.6) is 5.75 Å². The zero-order valence-corrected chi connectivity index (χ0v) is 12.4. The van der Waals surface area contributed by atoms with Crippen molar-refractivity contribution >= 4 is 5.91 Å². The Kier molecular flexibility index (Phi) is 4.50. The molecule has 3 rings (SSSR count). The first-order valence-electron chi connectivity index (χ1n) is 7.44. The van der Waals surface area contributed by atoms with Crippen molar-refractivity contribution in [3.8, 4) is 5.75 Å². The molecule has 23 heavy (non-hydrogen) atoms. The van der Waals surface area contributed by atoms with Crippen molar-refractivity contribution in [3.63, 3.8) is 0 Å². The lowest BCUT2D eigenvalue weighted by molar-refractivity contribution is 0.0595. The van der Waals surface area contributed by atoms with Crippen LogP contribution in [0.3, 0.4) is 0 Å². The normalized spacial score (nSPS) is 15.5. The van der Waals surface area contributed by atoms with E-state index >= 15 is 0 Å². The zero-order chi connectivity index (χ0) is 16.2. The summed E-state index contributed by atoms with van der Waals surface area (Å²) in [5, 5.41) is 0. The molecule has 120 valence electrons. The van der Waals surface area contributed by atoms with Crippen molar-refractivity contribution in [1.29, 1.82) is 0 Å². The third kappa shape index (κ3) is 3.64. The molecule has 1 saturated heterocycles. The molecule has 0 atom stereocenters. The summed E-state index contributed by atoms with van der Waals surface area (Å²) in [6.07, 6.45) is 4.37. The summed E-state index contributed by atoms with van der Waals surface area (Å²) >= 11 is 0. The monoisotopic (exact) mass is 318 g/mol. The molecule has 0 N–H and O–H groups in total.